The SMILES string of the molecule is CCNC(=O)[C@H](C)N(Cc1ccc(F)cc1)C(=O)CN(c1ccc(Cl)cc1C)S(C)(=O)=O. The van der Waals surface area contributed by atoms with Crippen molar-refractivity contribution in [3.63, 3.8) is 0 Å². The van der Waals surface area contributed by atoms with Gasteiger partial charge in [0.1, 0.15) is 18.4 Å². The number of rotatable bonds is 9. The molecule has 0 radical (unpaired) electrons. The number of hydrogen-bond donors (Lipinski definition) is 1. The first-order valence-electron chi connectivity index (χ1n) is 9.99. The molecular formula is C22H27ClFN3O4S. The minimum atomic E-state index is -3.82. The van der Waals surface area contributed by atoms with Gasteiger partial charge in [0.15, 0.2) is 0 Å². The molecule has 0 aliphatic carbocycles. The van der Waals surface area contributed by atoms with E-state index in [0.717, 1.165) is 10.6 Å². The quantitative estimate of drug-likeness (QED) is 0.593. The number of halogens is 2. The Morgan fingerprint density at radius 3 is 2.31 bits per heavy atom. The van der Waals surface area contributed by atoms with Gasteiger partial charge in [-0.05, 0) is 62.2 Å². The lowest BCUT2D eigenvalue weighted by Gasteiger charge is -2.31. The zero-order valence-corrected chi connectivity index (χ0v) is 20.0. The maximum absolute atomic E-state index is 13.3. The molecule has 32 heavy (non-hydrogen) atoms. The van der Waals surface area contributed by atoms with Crippen LogP contribution in [0.25, 0.3) is 0 Å². The molecule has 7 nitrogen and oxygen atoms in total. The summed E-state index contributed by atoms with van der Waals surface area (Å²) in [5.74, 6) is -1.38. The van der Waals surface area contributed by atoms with E-state index >= 15 is 0 Å². The Morgan fingerprint density at radius 1 is 1.16 bits per heavy atom. The van der Waals surface area contributed by atoms with Gasteiger partial charge in [-0.2, -0.15) is 0 Å². The van der Waals surface area contributed by atoms with E-state index in [1.54, 1.807) is 32.9 Å². The van der Waals surface area contributed by atoms with Crippen LogP contribution in [-0.2, 0) is 26.2 Å². The van der Waals surface area contributed by atoms with Crippen LogP contribution in [0.15, 0.2) is 42.5 Å². The van der Waals surface area contributed by atoms with Gasteiger partial charge in [0.25, 0.3) is 0 Å². The fraction of sp³-hybridized carbons (Fsp3) is 0.364. The largest absolute Gasteiger partial charge is 0.355 e. The summed E-state index contributed by atoms with van der Waals surface area (Å²) < 4.78 is 39.3. The van der Waals surface area contributed by atoms with Crippen molar-refractivity contribution >= 4 is 39.1 Å². The van der Waals surface area contributed by atoms with Gasteiger partial charge in [0.05, 0.1) is 11.9 Å². The van der Waals surface area contributed by atoms with Crippen LogP contribution in [0.1, 0.15) is 25.0 Å². The molecule has 0 saturated heterocycles. The summed E-state index contributed by atoms with van der Waals surface area (Å²) >= 11 is 5.99. The molecule has 0 heterocycles. The van der Waals surface area contributed by atoms with E-state index in [4.69, 9.17) is 11.6 Å². The first-order chi connectivity index (χ1) is 14.9. The van der Waals surface area contributed by atoms with E-state index in [1.165, 1.54) is 35.2 Å². The summed E-state index contributed by atoms with van der Waals surface area (Å²) in [5, 5.41) is 3.11. The van der Waals surface area contributed by atoms with E-state index in [9.17, 15) is 22.4 Å². The van der Waals surface area contributed by atoms with Crippen molar-refractivity contribution in [2.24, 2.45) is 0 Å². The Kier molecular flexibility index (Phi) is 8.63. The minimum Gasteiger partial charge on any atom is -0.355 e. The highest BCUT2D eigenvalue weighted by Gasteiger charge is 2.30. The lowest BCUT2D eigenvalue weighted by molar-refractivity contribution is -0.139. The fourth-order valence-corrected chi connectivity index (χ4v) is 4.32. The van der Waals surface area contributed by atoms with Gasteiger partial charge in [0.2, 0.25) is 21.8 Å². The number of carbonyl (C=O) groups excluding carboxylic acids is 2. The molecule has 2 amide bonds. The summed E-state index contributed by atoms with van der Waals surface area (Å²) in [6, 6.07) is 9.34. The minimum absolute atomic E-state index is 0.00855. The van der Waals surface area contributed by atoms with Crippen molar-refractivity contribution in [2.45, 2.75) is 33.4 Å². The van der Waals surface area contributed by atoms with Crippen LogP contribution < -0.4 is 9.62 Å². The molecule has 1 atom stereocenters. The van der Waals surface area contributed by atoms with Gasteiger partial charge in [-0.1, -0.05) is 23.7 Å². The third kappa shape index (κ3) is 6.67. The molecule has 0 bridgehead atoms. The summed E-state index contributed by atoms with van der Waals surface area (Å²) in [7, 11) is -3.82. The van der Waals surface area contributed by atoms with Crippen molar-refractivity contribution in [2.75, 3.05) is 23.7 Å². The third-order valence-corrected chi connectivity index (χ3v) is 6.25. The second kappa shape index (κ2) is 10.8. The molecule has 0 fully saturated rings. The monoisotopic (exact) mass is 483 g/mol. The van der Waals surface area contributed by atoms with Gasteiger partial charge in [-0.15, -0.1) is 0 Å². The molecule has 0 aromatic heterocycles. The van der Waals surface area contributed by atoms with Gasteiger partial charge >= 0.3 is 0 Å². The van der Waals surface area contributed by atoms with Crippen LogP contribution in [0.5, 0.6) is 0 Å². The lowest BCUT2D eigenvalue weighted by atomic mass is 10.1. The Labute approximate surface area is 193 Å². The van der Waals surface area contributed by atoms with Gasteiger partial charge in [-0.3, -0.25) is 13.9 Å². The number of nitrogens with one attached hydrogen (secondary N) is 1. The summed E-state index contributed by atoms with van der Waals surface area (Å²) in [6.45, 7) is 4.88. The van der Waals surface area contributed by atoms with E-state index < -0.39 is 34.3 Å². The van der Waals surface area contributed by atoms with E-state index in [0.29, 0.717) is 28.4 Å². The molecule has 2 rings (SSSR count). The first kappa shape index (κ1) is 25.6. The average molecular weight is 484 g/mol. The highest BCUT2D eigenvalue weighted by molar-refractivity contribution is 7.92. The molecule has 0 unspecified atom stereocenters. The predicted octanol–water partition coefficient (Wildman–Crippen LogP) is 3.11. The van der Waals surface area contributed by atoms with Crippen LogP contribution in [-0.4, -0.2) is 50.5 Å². The number of sulfonamides is 1. The van der Waals surface area contributed by atoms with Crippen molar-refractivity contribution in [3.05, 3.63) is 64.4 Å². The van der Waals surface area contributed by atoms with Crippen LogP contribution in [0.2, 0.25) is 5.02 Å². The molecule has 10 heteroatoms. The van der Waals surface area contributed by atoms with Gasteiger partial charge < -0.3 is 10.2 Å². The van der Waals surface area contributed by atoms with Crippen molar-refractivity contribution in [1.82, 2.24) is 10.2 Å². The maximum Gasteiger partial charge on any atom is 0.244 e. The number of amides is 2. The molecule has 0 aliphatic heterocycles. The lowest BCUT2D eigenvalue weighted by Crippen LogP contribution is -2.51. The van der Waals surface area contributed by atoms with Crippen LogP contribution in [0.4, 0.5) is 10.1 Å². The topological polar surface area (TPSA) is 86.8 Å². The van der Waals surface area contributed by atoms with Gasteiger partial charge in [-0.25, -0.2) is 12.8 Å². The van der Waals surface area contributed by atoms with Crippen LogP contribution >= 0.6 is 11.6 Å². The van der Waals surface area contributed by atoms with E-state index in [2.05, 4.69) is 5.32 Å². The number of anilines is 1. The molecule has 0 spiro atoms. The van der Waals surface area contributed by atoms with Crippen LogP contribution in [0, 0.1) is 12.7 Å². The number of nitrogens with zero attached hydrogens (tertiary/aromatic N) is 2. The molecule has 0 aliphatic rings. The Hall–Kier alpha value is -2.65. The standard InChI is InChI=1S/C22H27ClFN3O4S/c1-5-25-22(29)16(3)26(13-17-6-9-19(24)10-7-17)21(28)14-27(32(4,30)31)20-11-8-18(23)12-15(20)2/h6-12,16H,5,13-14H2,1-4H3,(H,25,29)/t16-/m0/s1. The molecule has 174 valence electrons. The average Bonchev–Trinajstić information content (AvgIpc) is 2.71. The Bertz CT molecular complexity index is 1080. The molecule has 2 aromatic carbocycles. The van der Waals surface area contributed by atoms with Crippen LogP contribution in [0.3, 0.4) is 0 Å². The van der Waals surface area contributed by atoms with Gasteiger partial charge in [0, 0.05) is 18.1 Å². The number of hydrogen-bond acceptors (Lipinski definition) is 4. The normalized spacial score (nSPS) is 12.2. The smallest absolute Gasteiger partial charge is 0.244 e. The van der Waals surface area contributed by atoms with Crippen molar-refractivity contribution in [3.8, 4) is 0 Å². The molecule has 0 saturated carbocycles. The number of aryl methyl sites for hydroxylation is 1. The Morgan fingerprint density at radius 2 is 1.78 bits per heavy atom. The zero-order chi connectivity index (χ0) is 24.1. The third-order valence-electron chi connectivity index (χ3n) is 4.89. The second-order valence-electron chi connectivity index (χ2n) is 7.42. The summed E-state index contributed by atoms with van der Waals surface area (Å²) in [5.41, 5.74) is 1.50. The maximum atomic E-state index is 13.3. The molecule has 1 N–H and O–H groups in total. The molecular weight excluding hydrogens is 457 g/mol. The Balaban J connectivity index is 2.40. The van der Waals surface area contributed by atoms with E-state index in [-0.39, 0.29) is 12.5 Å². The molecule has 2 aromatic rings. The second-order valence-corrected chi connectivity index (χ2v) is 9.76. The highest BCUT2D eigenvalue weighted by atomic mass is 35.5. The summed E-state index contributed by atoms with van der Waals surface area (Å²) in [4.78, 5) is 27.1. The first-order valence-corrected chi connectivity index (χ1v) is 12.2. The summed E-state index contributed by atoms with van der Waals surface area (Å²) in [6.07, 6.45) is 1.01. The van der Waals surface area contributed by atoms with Crippen molar-refractivity contribution < 1.29 is 22.4 Å². The highest BCUT2D eigenvalue weighted by Crippen LogP contribution is 2.26. The predicted molar refractivity (Wildman–Crippen MR) is 123 cm³/mol. The number of likely N-dealkylation sites (N-methyl/N-ethyl adjacent to an activating group) is 1. The van der Waals surface area contributed by atoms with Crippen molar-refractivity contribution in [1.29, 1.82) is 0 Å². The number of benzene rings is 2. The van der Waals surface area contributed by atoms with E-state index in [1.807, 2.05) is 0 Å². The fourth-order valence-electron chi connectivity index (χ4n) is 3.18. The number of carbonyl (C=O) groups is 2. The zero-order valence-electron chi connectivity index (χ0n) is 18.4.